The van der Waals surface area contributed by atoms with Crippen molar-refractivity contribution >= 4 is 0 Å². The molecule has 2 rings (SSSR count). The summed E-state index contributed by atoms with van der Waals surface area (Å²) in [5, 5.41) is 7.63. The number of rotatable bonds is 5. The maximum Gasteiger partial charge on any atom is 0.121 e. The highest BCUT2D eigenvalue weighted by molar-refractivity contribution is 5.14. The smallest absolute Gasteiger partial charge is 0.121 e. The minimum Gasteiger partial charge on any atom is -0.465 e. The van der Waals surface area contributed by atoms with E-state index in [4.69, 9.17) is 4.42 Å². The van der Waals surface area contributed by atoms with Gasteiger partial charge in [-0.3, -0.25) is 4.68 Å². The Morgan fingerprint density at radius 2 is 2.29 bits per heavy atom. The summed E-state index contributed by atoms with van der Waals surface area (Å²) < 4.78 is 7.51. The van der Waals surface area contributed by atoms with E-state index in [1.807, 2.05) is 43.2 Å². The molecule has 0 saturated carbocycles. The highest BCUT2D eigenvalue weighted by Gasteiger charge is 2.15. The van der Waals surface area contributed by atoms with Crippen molar-refractivity contribution in [2.75, 3.05) is 6.54 Å². The lowest BCUT2D eigenvalue weighted by molar-refractivity contribution is 0.403. The summed E-state index contributed by atoms with van der Waals surface area (Å²) in [6, 6.07) is 4.26. The van der Waals surface area contributed by atoms with E-state index in [-0.39, 0.29) is 6.04 Å². The molecule has 4 nitrogen and oxygen atoms in total. The molecule has 1 atom stereocenters. The third-order valence-corrected chi connectivity index (χ3v) is 2.75. The van der Waals surface area contributed by atoms with Crippen LogP contribution in [0.15, 0.2) is 28.9 Å². The number of aromatic nitrogens is 2. The zero-order chi connectivity index (χ0) is 12.3. The predicted octanol–water partition coefficient (Wildman–Crippen LogP) is 2.21. The molecule has 0 aliphatic heterocycles. The van der Waals surface area contributed by atoms with Gasteiger partial charge in [0.1, 0.15) is 11.5 Å². The van der Waals surface area contributed by atoms with Crippen LogP contribution in [0.2, 0.25) is 0 Å². The summed E-state index contributed by atoms with van der Waals surface area (Å²) in [5.41, 5.74) is 1.22. The molecule has 0 aliphatic rings. The number of aryl methyl sites for hydroxylation is 2. The first-order chi connectivity index (χ1) is 8.19. The maximum absolute atomic E-state index is 5.69. The quantitative estimate of drug-likeness (QED) is 0.861. The van der Waals surface area contributed by atoms with Gasteiger partial charge < -0.3 is 9.73 Å². The Labute approximate surface area is 102 Å². The number of nitrogens with zero attached hydrogens (tertiary/aromatic N) is 2. The SMILES string of the molecule is CCNC(Cc1cnn(C)c1)c1ccc(C)o1. The van der Waals surface area contributed by atoms with Gasteiger partial charge in [-0.25, -0.2) is 0 Å². The van der Waals surface area contributed by atoms with E-state index < -0.39 is 0 Å². The van der Waals surface area contributed by atoms with E-state index in [1.165, 1.54) is 5.56 Å². The molecule has 17 heavy (non-hydrogen) atoms. The highest BCUT2D eigenvalue weighted by atomic mass is 16.3. The van der Waals surface area contributed by atoms with Gasteiger partial charge in [0.05, 0.1) is 12.2 Å². The standard InChI is InChI=1S/C13H19N3O/c1-4-14-12(13-6-5-10(2)17-13)7-11-8-15-16(3)9-11/h5-6,8-9,12,14H,4,7H2,1-3H3. The van der Waals surface area contributed by atoms with Gasteiger partial charge in [-0.2, -0.15) is 5.10 Å². The molecule has 2 aromatic heterocycles. The molecule has 0 bridgehead atoms. The molecule has 1 unspecified atom stereocenters. The molecule has 2 aromatic rings. The number of furan rings is 1. The summed E-state index contributed by atoms with van der Waals surface area (Å²) >= 11 is 0. The molecule has 0 amide bonds. The zero-order valence-electron chi connectivity index (χ0n) is 10.6. The average molecular weight is 233 g/mol. The number of likely N-dealkylation sites (N-methyl/N-ethyl adjacent to an activating group) is 1. The fourth-order valence-corrected chi connectivity index (χ4v) is 1.97. The lowest BCUT2D eigenvalue weighted by Crippen LogP contribution is -2.22. The summed E-state index contributed by atoms with van der Waals surface area (Å²) in [4.78, 5) is 0. The van der Waals surface area contributed by atoms with Gasteiger partial charge in [-0.1, -0.05) is 6.92 Å². The van der Waals surface area contributed by atoms with Crippen LogP contribution in [0, 0.1) is 6.92 Å². The summed E-state index contributed by atoms with van der Waals surface area (Å²) in [6.07, 6.45) is 4.84. The van der Waals surface area contributed by atoms with Gasteiger partial charge in [0.25, 0.3) is 0 Å². The summed E-state index contributed by atoms with van der Waals surface area (Å²) in [7, 11) is 1.93. The molecule has 0 saturated heterocycles. The van der Waals surface area contributed by atoms with Gasteiger partial charge in [-0.15, -0.1) is 0 Å². The number of hydrogen-bond donors (Lipinski definition) is 1. The Bertz CT molecular complexity index is 472. The Kier molecular flexibility index (Phi) is 3.64. The van der Waals surface area contributed by atoms with Crippen molar-refractivity contribution in [3.63, 3.8) is 0 Å². The third kappa shape index (κ3) is 2.97. The average Bonchev–Trinajstić information content (AvgIpc) is 2.87. The molecule has 0 radical (unpaired) electrons. The molecule has 0 aliphatic carbocycles. The van der Waals surface area contributed by atoms with Crippen LogP contribution in [-0.4, -0.2) is 16.3 Å². The summed E-state index contributed by atoms with van der Waals surface area (Å²) in [6.45, 7) is 4.99. The lowest BCUT2D eigenvalue weighted by Gasteiger charge is -2.14. The number of hydrogen-bond acceptors (Lipinski definition) is 3. The third-order valence-electron chi connectivity index (χ3n) is 2.75. The van der Waals surface area contributed by atoms with Crippen LogP contribution in [0.1, 0.15) is 30.0 Å². The monoisotopic (exact) mass is 233 g/mol. The fraction of sp³-hybridized carbons (Fsp3) is 0.462. The van der Waals surface area contributed by atoms with E-state index in [0.717, 1.165) is 24.5 Å². The van der Waals surface area contributed by atoms with E-state index in [0.29, 0.717) is 0 Å². The predicted molar refractivity (Wildman–Crippen MR) is 66.8 cm³/mol. The second-order valence-electron chi connectivity index (χ2n) is 4.29. The van der Waals surface area contributed by atoms with Crippen molar-refractivity contribution in [2.24, 2.45) is 7.05 Å². The fourth-order valence-electron chi connectivity index (χ4n) is 1.97. The first-order valence-corrected chi connectivity index (χ1v) is 5.96. The van der Waals surface area contributed by atoms with E-state index in [1.54, 1.807) is 0 Å². The second kappa shape index (κ2) is 5.19. The molecular formula is C13H19N3O. The Morgan fingerprint density at radius 1 is 1.47 bits per heavy atom. The summed E-state index contributed by atoms with van der Waals surface area (Å²) in [5.74, 6) is 1.95. The molecule has 4 heteroatoms. The maximum atomic E-state index is 5.69. The van der Waals surface area contributed by atoms with Crippen molar-refractivity contribution in [1.82, 2.24) is 15.1 Å². The topological polar surface area (TPSA) is 43.0 Å². The van der Waals surface area contributed by atoms with Crippen molar-refractivity contribution in [2.45, 2.75) is 26.3 Å². The minimum absolute atomic E-state index is 0.220. The van der Waals surface area contributed by atoms with Crippen LogP contribution in [-0.2, 0) is 13.5 Å². The molecule has 1 N–H and O–H groups in total. The van der Waals surface area contributed by atoms with Crippen LogP contribution in [0.25, 0.3) is 0 Å². The van der Waals surface area contributed by atoms with Gasteiger partial charge in [0.15, 0.2) is 0 Å². The second-order valence-corrected chi connectivity index (χ2v) is 4.29. The van der Waals surface area contributed by atoms with Crippen molar-refractivity contribution < 1.29 is 4.42 Å². The van der Waals surface area contributed by atoms with Crippen LogP contribution >= 0.6 is 0 Å². The largest absolute Gasteiger partial charge is 0.465 e. The normalized spacial score (nSPS) is 12.9. The molecular weight excluding hydrogens is 214 g/mol. The van der Waals surface area contributed by atoms with Gasteiger partial charge in [-0.05, 0) is 37.6 Å². The van der Waals surface area contributed by atoms with E-state index in [9.17, 15) is 0 Å². The van der Waals surface area contributed by atoms with Gasteiger partial charge in [0, 0.05) is 13.2 Å². The van der Waals surface area contributed by atoms with Crippen LogP contribution in [0.4, 0.5) is 0 Å². The Balaban J connectivity index is 2.12. The van der Waals surface area contributed by atoms with Crippen molar-refractivity contribution in [1.29, 1.82) is 0 Å². The Hall–Kier alpha value is -1.55. The first kappa shape index (κ1) is 11.9. The lowest BCUT2D eigenvalue weighted by atomic mass is 10.1. The molecule has 0 fully saturated rings. The van der Waals surface area contributed by atoms with Gasteiger partial charge >= 0.3 is 0 Å². The minimum atomic E-state index is 0.220. The van der Waals surface area contributed by atoms with Crippen molar-refractivity contribution in [3.05, 3.63) is 41.6 Å². The Morgan fingerprint density at radius 3 is 2.82 bits per heavy atom. The zero-order valence-corrected chi connectivity index (χ0v) is 10.6. The number of nitrogens with one attached hydrogen (secondary N) is 1. The van der Waals surface area contributed by atoms with Crippen LogP contribution in [0.5, 0.6) is 0 Å². The molecule has 0 spiro atoms. The van der Waals surface area contributed by atoms with Gasteiger partial charge in [0.2, 0.25) is 0 Å². The van der Waals surface area contributed by atoms with E-state index in [2.05, 4.69) is 17.3 Å². The molecule has 2 heterocycles. The molecule has 92 valence electrons. The van der Waals surface area contributed by atoms with Crippen LogP contribution < -0.4 is 5.32 Å². The molecule has 0 aromatic carbocycles. The van der Waals surface area contributed by atoms with Crippen LogP contribution in [0.3, 0.4) is 0 Å². The first-order valence-electron chi connectivity index (χ1n) is 5.96. The van der Waals surface area contributed by atoms with Crippen molar-refractivity contribution in [3.8, 4) is 0 Å². The van der Waals surface area contributed by atoms with E-state index >= 15 is 0 Å². The highest BCUT2D eigenvalue weighted by Crippen LogP contribution is 2.20.